The molecule has 1 aliphatic heterocycles. The Hall–Kier alpha value is -2.17. The number of carbonyl (C=O) groups excluding carboxylic acids is 1. The quantitative estimate of drug-likeness (QED) is 0.864. The van der Waals surface area contributed by atoms with Gasteiger partial charge in [-0.15, -0.1) is 0 Å². The lowest BCUT2D eigenvalue weighted by molar-refractivity contribution is -0.138. The van der Waals surface area contributed by atoms with Gasteiger partial charge in [-0.1, -0.05) is 12.1 Å². The topological polar surface area (TPSA) is 50.7 Å². The molecule has 0 amide bonds. The third-order valence-electron chi connectivity index (χ3n) is 3.05. The van der Waals surface area contributed by atoms with Gasteiger partial charge in [0.25, 0.3) is 0 Å². The smallest absolute Gasteiger partial charge is 0.338 e. The van der Waals surface area contributed by atoms with Crippen LogP contribution in [0.1, 0.15) is 32.4 Å². The van der Waals surface area contributed by atoms with Crippen molar-refractivity contribution in [2.24, 2.45) is 4.99 Å². The molecule has 0 saturated carbocycles. The van der Waals surface area contributed by atoms with Crippen LogP contribution in [0.3, 0.4) is 0 Å². The molecule has 0 aliphatic carbocycles. The Bertz CT molecular complexity index is 576. The number of aliphatic imine (C=N–C) groups is 1. The number of nitrogens with zero attached hydrogens (tertiary/aromatic N) is 1. The Morgan fingerprint density at radius 2 is 2.00 bits per heavy atom. The lowest BCUT2D eigenvalue weighted by atomic mass is 9.96. The molecule has 0 fully saturated rings. The summed E-state index contributed by atoms with van der Waals surface area (Å²) in [6, 6.07) is 5.53. The standard InChI is InChI=1S/C15H17FN2O2/c1-4-20-15(19)13-9(2)17-10(3)18-14(13)11-5-7-12(16)8-6-11/h5-8,14H,4H2,1-3H3,(H,17,18). The molecule has 1 heterocycles. The van der Waals surface area contributed by atoms with Crippen molar-refractivity contribution >= 4 is 11.8 Å². The van der Waals surface area contributed by atoms with E-state index in [1.54, 1.807) is 26.0 Å². The molecule has 1 N–H and O–H groups in total. The second-order valence-corrected chi connectivity index (χ2v) is 4.55. The second kappa shape index (κ2) is 5.86. The van der Waals surface area contributed by atoms with Gasteiger partial charge >= 0.3 is 5.97 Å². The van der Waals surface area contributed by atoms with Crippen LogP contribution in [0.15, 0.2) is 40.5 Å². The molecule has 0 radical (unpaired) electrons. The van der Waals surface area contributed by atoms with Gasteiger partial charge in [0, 0.05) is 5.70 Å². The average Bonchev–Trinajstić information content (AvgIpc) is 2.38. The van der Waals surface area contributed by atoms with E-state index in [0.717, 1.165) is 5.56 Å². The third-order valence-corrected chi connectivity index (χ3v) is 3.05. The molecule has 1 aliphatic rings. The highest BCUT2D eigenvalue weighted by molar-refractivity contribution is 5.95. The Balaban J connectivity index is 2.42. The summed E-state index contributed by atoms with van der Waals surface area (Å²) in [5, 5.41) is 3.03. The molecule has 1 unspecified atom stereocenters. The maximum atomic E-state index is 13.0. The normalized spacial score (nSPS) is 18.4. The van der Waals surface area contributed by atoms with E-state index < -0.39 is 12.0 Å². The number of allylic oxidation sites excluding steroid dienone is 1. The number of amidine groups is 1. The number of carbonyl (C=O) groups is 1. The zero-order valence-corrected chi connectivity index (χ0v) is 11.7. The van der Waals surface area contributed by atoms with Crippen LogP contribution in [0.5, 0.6) is 0 Å². The molecule has 2 rings (SSSR count). The van der Waals surface area contributed by atoms with E-state index in [4.69, 9.17) is 4.74 Å². The molecule has 4 nitrogen and oxygen atoms in total. The predicted octanol–water partition coefficient (Wildman–Crippen LogP) is 2.73. The van der Waals surface area contributed by atoms with Gasteiger partial charge in [-0.25, -0.2) is 9.18 Å². The van der Waals surface area contributed by atoms with Gasteiger partial charge in [-0.3, -0.25) is 4.99 Å². The van der Waals surface area contributed by atoms with Crippen LogP contribution < -0.4 is 5.32 Å². The van der Waals surface area contributed by atoms with Gasteiger partial charge in [-0.2, -0.15) is 0 Å². The number of esters is 1. The summed E-state index contributed by atoms with van der Waals surface area (Å²) in [5.74, 6) is -0.00489. The fraction of sp³-hybridized carbons (Fsp3) is 0.333. The number of halogens is 1. The van der Waals surface area contributed by atoms with E-state index in [2.05, 4.69) is 10.3 Å². The average molecular weight is 276 g/mol. The number of nitrogens with one attached hydrogen (secondary N) is 1. The molecular weight excluding hydrogens is 259 g/mol. The molecule has 1 aromatic rings. The molecule has 1 atom stereocenters. The zero-order valence-electron chi connectivity index (χ0n) is 11.7. The summed E-state index contributed by atoms with van der Waals surface area (Å²) < 4.78 is 18.1. The van der Waals surface area contributed by atoms with E-state index in [1.807, 2.05) is 6.92 Å². The largest absolute Gasteiger partial charge is 0.463 e. The van der Waals surface area contributed by atoms with Gasteiger partial charge < -0.3 is 10.1 Å². The summed E-state index contributed by atoms with van der Waals surface area (Å²) in [6.07, 6.45) is 0. The minimum Gasteiger partial charge on any atom is -0.463 e. The fourth-order valence-corrected chi connectivity index (χ4v) is 2.19. The summed E-state index contributed by atoms with van der Waals surface area (Å²) >= 11 is 0. The lowest BCUT2D eigenvalue weighted by Gasteiger charge is -2.24. The summed E-state index contributed by atoms with van der Waals surface area (Å²) in [5.41, 5.74) is 1.93. The predicted molar refractivity (Wildman–Crippen MR) is 74.7 cm³/mol. The van der Waals surface area contributed by atoms with Crippen LogP contribution in [0.25, 0.3) is 0 Å². The van der Waals surface area contributed by atoms with Crippen LogP contribution in [-0.2, 0) is 9.53 Å². The fourth-order valence-electron chi connectivity index (χ4n) is 2.19. The van der Waals surface area contributed by atoms with E-state index >= 15 is 0 Å². The van der Waals surface area contributed by atoms with E-state index in [9.17, 15) is 9.18 Å². The molecule has 106 valence electrons. The monoisotopic (exact) mass is 276 g/mol. The van der Waals surface area contributed by atoms with Crippen molar-refractivity contribution in [1.29, 1.82) is 0 Å². The van der Waals surface area contributed by atoms with Crippen molar-refractivity contribution in [3.63, 3.8) is 0 Å². The van der Waals surface area contributed by atoms with Crippen molar-refractivity contribution in [2.75, 3.05) is 6.61 Å². The van der Waals surface area contributed by atoms with Crippen molar-refractivity contribution in [3.8, 4) is 0 Å². The van der Waals surface area contributed by atoms with Gasteiger partial charge in [0.15, 0.2) is 0 Å². The molecule has 0 aromatic heterocycles. The number of ether oxygens (including phenoxy) is 1. The highest BCUT2D eigenvalue weighted by Crippen LogP contribution is 2.31. The molecule has 0 saturated heterocycles. The Labute approximate surface area is 117 Å². The first-order valence-corrected chi connectivity index (χ1v) is 6.47. The Kier molecular flexibility index (Phi) is 4.17. The van der Waals surface area contributed by atoms with Crippen molar-refractivity contribution in [3.05, 3.63) is 46.9 Å². The van der Waals surface area contributed by atoms with Gasteiger partial charge in [-0.05, 0) is 38.5 Å². The maximum absolute atomic E-state index is 13.0. The molecule has 0 spiro atoms. The lowest BCUT2D eigenvalue weighted by Crippen LogP contribution is -2.30. The number of hydrogen-bond donors (Lipinski definition) is 1. The van der Waals surface area contributed by atoms with E-state index in [0.29, 0.717) is 23.7 Å². The number of benzene rings is 1. The van der Waals surface area contributed by atoms with Gasteiger partial charge in [0.2, 0.25) is 0 Å². The molecular formula is C15H17FN2O2. The second-order valence-electron chi connectivity index (χ2n) is 4.55. The van der Waals surface area contributed by atoms with Crippen LogP contribution in [0.2, 0.25) is 0 Å². The van der Waals surface area contributed by atoms with Crippen molar-refractivity contribution < 1.29 is 13.9 Å². The molecule has 1 aromatic carbocycles. The van der Waals surface area contributed by atoms with Crippen LogP contribution in [-0.4, -0.2) is 18.4 Å². The minimum absolute atomic E-state index is 0.300. The van der Waals surface area contributed by atoms with Gasteiger partial charge in [0.05, 0.1) is 18.0 Å². The molecule has 20 heavy (non-hydrogen) atoms. The first kappa shape index (κ1) is 14.2. The molecule has 5 heteroatoms. The summed E-state index contributed by atoms with van der Waals surface area (Å²) in [6.45, 7) is 5.68. The highest BCUT2D eigenvalue weighted by Gasteiger charge is 2.29. The first-order valence-electron chi connectivity index (χ1n) is 6.47. The Morgan fingerprint density at radius 1 is 1.35 bits per heavy atom. The van der Waals surface area contributed by atoms with Crippen molar-refractivity contribution in [2.45, 2.75) is 26.8 Å². The van der Waals surface area contributed by atoms with Gasteiger partial charge in [0.1, 0.15) is 11.9 Å². The maximum Gasteiger partial charge on any atom is 0.338 e. The summed E-state index contributed by atoms with van der Waals surface area (Å²) in [4.78, 5) is 16.5. The number of hydrogen-bond acceptors (Lipinski definition) is 4. The van der Waals surface area contributed by atoms with Crippen LogP contribution >= 0.6 is 0 Å². The third kappa shape index (κ3) is 2.87. The summed E-state index contributed by atoms with van der Waals surface area (Å²) in [7, 11) is 0. The van der Waals surface area contributed by atoms with E-state index in [-0.39, 0.29) is 5.82 Å². The van der Waals surface area contributed by atoms with Crippen LogP contribution in [0, 0.1) is 5.82 Å². The van der Waals surface area contributed by atoms with E-state index in [1.165, 1.54) is 12.1 Å². The first-order chi connectivity index (χ1) is 9.52. The van der Waals surface area contributed by atoms with Crippen LogP contribution in [0.4, 0.5) is 4.39 Å². The minimum atomic E-state index is -0.462. The zero-order chi connectivity index (χ0) is 14.7. The molecule has 0 bridgehead atoms. The SMILES string of the molecule is CCOC(=O)C1=C(C)NC(C)=NC1c1ccc(F)cc1. The Morgan fingerprint density at radius 3 is 2.60 bits per heavy atom. The van der Waals surface area contributed by atoms with Crippen molar-refractivity contribution in [1.82, 2.24) is 5.32 Å². The highest BCUT2D eigenvalue weighted by atomic mass is 19.1. The number of rotatable bonds is 3.